The van der Waals surface area contributed by atoms with Gasteiger partial charge in [0.1, 0.15) is 5.82 Å². The van der Waals surface area contributed by atoms with Crippen molar-refractivity contribution < 1.29 is 14.0 Å². The van der Waals surface area contributed by atoms with Crippen molar-refractivity contribution in [2.24, 2.45) is 11.7 Å². The van der Waals surface area contributed by atoms with E-state index in [4.69, 9.17) is 5.73 Å². The molecule has 5 nitrogen and oxygen atoms in total. The van der Waals surface area contributed by atoms with Gasteiger partial charge in [-0.1, -0.05) is 12.8 Å². The van der Waals surface area contributed by atoms with Crippen LogP contribution in [0.3, 0.4) is 0 Å². The lowest BCUT2D eigenvalue weighted by Gasteiger charge is -2.34. The molecule has 1 aliphatic carbocycles. The predicted octanol–water partition coefficient (Wildman–Crippen LogP) is 3.37. The Bertz CT molecular complexity index is 892. The van der Waals surface area contributed by atoms with Crippen LogP contribution in [0.2, 0.25) is 0 Å². The second-order valence-corrected chi connectivity index (χ2v) is 7.73. The highest BCUT2D eigenvalue weighted by atomic mass is 19.1. The molecule has 0 unspecified atom stereocenters. The lowest BCUT2D eigenvalue weighted by molar-refractivity contribution is -0.136. The van der Waals surface area contributed by atoms with Crippen molar-refractivity contribution >= 4 is 22.7 Å². The fraction of sp³-hybridized carbons (Fsp3) is 0.476. The zero-order chi connectivity index (χ0) is 19.0. The summed E-state index contributed by atoms with van der Waals surface area (Å²) >= 11 is 0. The second kappa shape index (κ2) is 7.25. The molecule has 2 fully saturated rings. The van der Waals surface area contributed by atoms with Crippen molar-refractivity contribution in [2.45, 2.75) is 44.4 Å². The van der Waals surface area contributed by atoms with Crippen LogP contribution in [0.25, 0.3) is 10.9 Å². The Balaban J connectivity index is 1.65. The minimum absolute atomic E-state index is 0.0268. The van der Waals surface area contributed by atoms with Crippen LogP contribution < -0.4 is 5.73 Å². The topological polar surface area (TPSA) is 76.3 Å². The Kier molecular flexibility index (Phi) is 4.81. The lowest BCUT2D eigenvalue weighted by Crippen LogP contribution is -2.42. The third-order valence-electron chi connectivity index (χ3n) is 5.90. The van der Waals surface area contributed by atoms with Gasteiger partial charge in [0, 0.05) is 30.3 Å². The van der Waals surface area contributed by atoms with E-state index in [1.807, 2.05) is 4.90 Å². The van der Waals surface area contributed by atoms with E-state index in [1.54, 1.807) is 12.1 Å². The van der Waals surface area contributed by atoms with E-state index >= 15 is 0 Å². The number of likely N-dealkylation sites (tertiary alicyclic amines) is 1. The minimum Gasteiger partial charge on any atom is -0.366 e. The first kappa shape index (κ1) is 17.9. The zero-order valence-corrected chi connectivity index (χ0v) is 15.3. The van der Waals surface area contributed by atoms with Gasteiger partial charge < -0.3 is 10.6 Å². The van der Waals surface area contributed by atoms with Gasteiger partial charge in [0.05, 0.1) is 16.8 Å². The Morgan fingerprint density at radius 1 is 1.11 bits per heavy atom. The molecule has 2 aliphatic rings. The number of nitrogens with two attached hydrogens (primary N) is 1. The molecule has 1 atom stereocenters. The first-order valence-electron chi connectivity index (χ1n) is 9.71. The van der Waals surface area contributed by atoms with Gasteiger partial charge in [-0.2, -0.15) is 0 Å². The average molecular weight is 369 g/mol. The molecule has 2 amide bonds. The molecule has 1 aliphatic heterocycles. The number of fused-ring (bicyclic) bond motifs is 1. The molecule has 2 heterocycles. The Hall–Kier alpha value is -2.50. The number of benzene rings is 1. The molecule has 1 saturated heterocycles. The smallest absolute Gasteiger partial charge is 0.250 e. The summed E-state index contributed by atoms with van der Waals surface area (Å²) < 4.78 is 13.5. The number of halogens is 1. The van der Waals surface area contributed by atoms with E-state index in [1.165, 1.54) is 12.1 Å². The monoisotopic (exact) mass is 369 g/mol. The van der Waals surface area contributed by atoms with E-state index < -0.39 is 5.91 Å². The van der Waals surface area contributed by atoms with Gasteiger partial charge in [0.2, 0.25) is 5.91 Å². The average Bonchev–Trinajstić information content (AvgIpc) is 3.21. The van der Waals surface area contributed by atoms with Crippen LogP contribution in [0.1, 0.15) is 60.5 Å². The van der Waals surface area contributed by atoms with Crippen molar-refractivity contribution in [1.82, 2.24) is 9.88 Å². The normalized spacial score (nSPS) is 20.9. The SMILES string of the molecule is NC(=O)c1cc2cc(F)ccc2nc1[C@H]1CCCN(C(=O)C2CCCC2)C1. The second-order valence-electron chi connectivity index (χ2n) is 7.73. The summed E-state index contributed by atoms with van der Waals surface area (Å²) in [6.07, 6.45) is 5.95. The summed E-state index contributed by atoms with van der Waals surface area (Å²) in [7, 11) is 0. The van der Waals surface area contributed by atoms with Crippen LogP contribution in [-0.2, 0) is 4.79 Å². The van der Waals surface area contributed by atoms with E-state index in [-0.39, 0.29) is 23.6 Å². The maximum Gasteiger partial charge on any atom is 0.250 e. The molecule has 1 aromatic carbocycles. The fourth-order valence-electron chi connectivity index (χ4n) is 4.50. The number of aromatic nitrogens is 1. The van der Waals surface area contributed by atoms with Crippen molar-refractivity contribution in [3.8, 4) is 0 Å². The summed E-state index contributed by atoms with van der Waals surface area (Å²) in [6, 6.07) is 5.96. The third-order valence-corrected chi connectivity index (χ3v) is 5.90. The van der Waals surface area contributed by atoms with Crippen LogP contribution >= 0.6 is 0 Å². The highest BCUT2D eigenvalue weighted by Gasteiger charge is 2.32. The first-order valence-corrected chi connectivity index (χ1v) is 9.71. The van der Waals surface area contributed by atoms with Crippen LogP contribution in [0.4, 0.5) is 4.39 Å². The summed E-state index contributed by atoms with van der Waals surface area (Å²) in [6.45, 7) is 1.33. The summed E-state index contributed by atoms with van der Waals surface area (Å²) in [5.41, 5.74) is 7.18. The fourth-order valence-corrected chi connectivity index (χ4v) is 4.50. The number of rotatable bonds is 3. The van der Waals surface area contributed by atoms with Gasteiger partial charge in [-0.25, -0.2) is 4.39 Å². The molecular weight excluding hydrogens is 345 g/mol. The van der Waals surface area contributed by atoms with Crippen molar-refractivity contribution in [3.05, 3.63) is 41.3 Å². The van der Waals surface area contributed by atoms with Gasteiger partial charge >= 0.3 is 0 Å². The number of carbonyl (C=O) groups is 2. The number of hydrogen-bond acceptors (Lipinski definition) is 3. The highest BCUT2D eigenvalue weighted by molar-refractivity contribution is 5.98. The maximum absolute atomic E-state index is 13.5. The molecule has 0 radical (unpaired) electrons. The molecule has 1 saturated carbocycles. The minimum atomic E-state index is -0.567. The first-order chi connectivity index (χ1) is 13.0. The molecule has 4 rings (SSSR count). The van der Waals surface area contributed by atoms with E-state index in [0.717, 1.165) is 45.1 Å². The molecule has 0 spiro atoms. The lowest BCUT2D eigenvalue weighted by atomic mass is 9.89. The predicted molar refractivity (Wildman–Crippen MR) is 101 cm³/mol. The number of carbonyl (C=O) groups excluding carboxylic acids is 2. The van der Waals surface area contributed by atoms with Gasteiger partial charge in [0.15, 0.2) is 0 Å². The van der Waals surface area contributed by atoms with Crippen LogP contribution in [0, 0.1) is 11.7 Å². The summed E-state index contributed by atoms with van der Waals surface area (Å²) in [5, 5.41) is 0.558. The molecule has 142 valence electrons. The molecule has 2 aromatic rings. The van der Waals surface area contributed by atoms with Gasteiger partial charge in [0.25, 0.3) is 5.91 Å². The number of pyridine rings is 1. The largest absolute Gasteiger partial charge is 0.366 e. The Morgan fingerprint density at radius 2 is 1.89 bits per heavy atom. The van der Waals surface area contributed by atoms with Crippen molar-refractivity contribution in [1.29, 1.82) is 0 Å². The van der Waals surface area contributed by atoms with Gasteiger partial charge in [-0.15, -0.1) is 0 Å². The molecule has 6 heteroatoms. The van der Waals surface area contributed by atoms with E-state index in [9.17, 15) is 14.0 Å². The number of amides is 2. The Labute approximate surface area is 157 Å². The third kappa shape index (κ3) is 3.53. The number of primary amides is 1. The van der Waals surface area contributed by atoms with E-state index in [0.29, 0.717) is 28.7 Å². The van der Waals surface area contributed by atoms with Crippen LogP contribution in [0.5, 0.6) is 0 Å². The Morgan fingerprint density at radius 3 is 2.63 bits per heavy atom. The van der Waals surface area contributed by atoms with Crippen molar-refractivity contribution in [3.63, 3.8) is 0 Å². The van der Waals surface area contributed by atoms with Gasteiger partial charge in [-0.3, -0.25) is 14.6 Å². The number of hydrogen-bond donors (Lipinski definition) is 1. The molecule has 2 N–H and O–H groups in total. The van der Waals surface area contributed by atoms with Crippen LogP contribution in [0.15, 0.2) is 24.3 Å². The quantitative estimate of drug-likeness (QED) is 0.901. The zero-order valence-electron chi connectivity index (χ0n) is 15.3. The molecule has 1 aromatic heterocycles. The van der Waals surface area contributed by atoms with E-state index in [2.05, 4.69) is 4.98 Å². The molecule has 0 bridgehead atoms. The summed E-state index contributed by atoms with van der Waals surface area (Å²) in [5.74, 6) is -0.588. The molecule has 27 heavy (non-hydrogen) atoms. The van der Waals surface area contributed by atoms with Crippen molar-refractivity contribution in [2.75, 3.05) is 13.1 Å². The number of piperidine rings is 1. The number of nitrogens with zero attached hydrogens (tertiary/aromatic N) is 2. The molecular formula is C21H24FN3O2. The highest BCUT2D eigenvalue weighted by Crippen LogP contribution is 2.33. The maximum atomic E-state index is 13.5. The van der Waals surface area contributed by atoms with Gasteiger partial charge in [-0.05, 0) is 49.9 Å². The standard InChI is InChI=1S/C21H24FN3O2/c22-16-7-8-18-15(10-16)11-17(20(23)26)19(24-18)14-6-3-9-25(12-14)21(27)13-4-1-2-5-13/h7-8,10-11,13-14H,1-6,9,12H2,(H2,23,26)/t14-/m0/s1. The van der Waals surface area contributed by atoms with Crippen LogP contribution in [-0.4, -0.2) is 34.8 Å². The summed E-state index contributed by atoms with van der Waals surface area (Å²) in [4.78, 5) is 31.4.